The second-order valence-corrected chi connectivity index (χ2v) is 5.15. The molecule has 0 spiro atoms. The van der Waals surface area contributed by atoms with Gasteiger partial charge in [0.15, 0.2) is 5.76 Å². The van der Waals surface area contributed by atoms with Crippen molar-refractivity contribution in [2.24, 2.45) is 0 Å². The zero-order chi connectivity index (χ0) is 12.9. The highest BCUT2D eigenvalue weighted by atomic mass is 16.5. The van der Waals surface area contributed by atoms with Gasteiger partial charge >= 0.3 is 0 Å². The van der Waals surface area contributed by atoms with Crippen molar-refractivity contribution in [2.75, 3.05) is 13.6 Å². The predicted molar refractivity (Wildman–Crippen MR) is 69.6 cm³/mol. The Labute approximate surface area is 104 Å². The zero-order valence-corrected chi connectivity index (χ0v) is 11.3. The molecule has 1 N–H and O–H groups in total. The second-order valence-electron chi connectivity index (χ2n) is 5.15. The van der Waals surface area contributed by atoms with Crippen LogP contribution < -0.4 is 5.32 Å². The van der Waals surface area contributed by atoms with E-state index in [-0.39, 0.29) is 5.54 Å². The average molecular weight is 237 g/mol. The SMILES string of the molecule is C=CCN(Cc1cc(CNC)no1)C(C)(C)C. The molecule has 0 aliphatic rings. The number of nitrogens with one attached hydrogen (secondary N) is 1. The van der Waals surface area contributed by atoms with Gasteiger partial charge in [-0.3, -0.25) is 4.90 Å². The van der Waals surface area contributed by atoms with Gasteiger partial charge in [-0.1, -0.05) is 11.2 Å². The van der Waals surface area contributed by atoms with Crippen LogP contribution in [0.5, 0.6) is 0 Å². The fourth-order valence-electron chi connectivity index (χ4n) is 1.61. The van der Waals surface area contributed by atoms with E-state index in [0.29, 0.717) is 0 Å². The van der Waals surface area contributed by atoms with Crippen molar-refractivity contribution in [2.45, 2.75) is 39.4 Å². The molecule has 0 bridgehead atoms. The quantitative estimate of drug-likeness (QED) is 0.770. The molecule has 1 heterocycles. The molecule has 1 aromatic heterocycles. The summed E-state index contributed by atoms with van der Waals surface area (Å²) in [6.45, 7) is 12.7. The normalized spacial score (nSPS) is 12.1. The third-order valence-corrected chi connectivity index (χ3v) is 2.61. The number of nitrogens with zero attached hydrogens (tertiary/aromatic N) is 2. The summed E-state index contributed by atoms with van der Waals surface area (Å²) >= 11 is 0. The van der Waals surface area contributed by atoms with Crippen molar-refractivity contribution in [3.05, 3.63) is 30.2 Å². The third kappa shape index (κ3) is 4.32. The van der Waals surface area contributed by atoms with E-state index in [1.807, 2.05) is 19.2 Å². The fourth-order valence-corrected chi connectivity index (χ4v) is 1.61. The van der Waals surface area contributed by atoms with Crippen LogP contribution in [0, 0.1) is 0 Å². The molecular formula is C13H23N3O. The predicted octanol–water partition coefficient (Wildman–Crippen LogP) is 2.18. The molecule has 0 saturated carbocycles. The number of aromatic nitrogens is 1. The van der Waals surface area contributed by atoms with Crippen molar-refractivity contribution in [1.82, 2.24) is 15.4 Å². The zero-order valence-electron chi connectivity index (χ0n) is 11.3. The molecule has 17 heavy (non-hydrogen) atoms. The topological polar surface area (TPSA) is 41.3 Å². The van der Waals surface area contributed by atoms with Gasteiger partial charge in [0.2, 0.25) is 0 Å². The van der Waals surface area contributed by atoms with Crippen molar-refractivity contribution in [3.8, 4) is 0 Å². The molecule has 0 saturated heterocycles. The Bertz CT molecular complexity index is 352. The van der Waals surface area contributed by atoms with Crippen LogP contribution in [-0.4, -0.2) is 29.2 Å². The molecular weight excluding hydrogens is 214 g/mol. The van der Waals surface area contributed by atoms with Crippen molar-refractivity contribution in [1.29, 1.82) is 0 Å². The van der Waals surface area contributed by atoms with Gasteiger partial charge in [0.1, 0.15) is 0 Å². The molecule has 0 fully saturated rings. The number of hydrogen-bond donors (Lipinski definition) is 1. The van der Waals surface area contributed by atoms with Gasteiger partial charge in [0.25, 0.3) is 0 Å². The summed E-state index contributed by atoms with van der Waals surface area (Å²) in [4.78, 5) is 2.30. The first-order valence-corrected chi connectivity index (χ1v) is 5.92. The largest absolute Gasteiger partial charge is 0.360 e. The molecule has 0 aromatic carbocycles. The highest BCUT2D eigenvalue weighted by Gasteiger charge is 2.21. The number of hydrogen-bond acceptors (Lipinski definition) is 4. The first kappa shape index (κ1) is 13.9. The smallest absolute Gasteiger partial charge is 0.151 e. The van der Waals surface area contributed by atoms with Gasteiger partial charge in [-0.05, 0) is 27.8 Å². The summed E-state index contributed by atoms with van der Waals surface area (Å²) < 4.78 is 5.32. The van der Waals surface area contributed by atoms with E-state index in [1.54, 1.807) is 0 Å². The standard InChI is InChI=1S/C13H23N3O/c1-6-7-16(13(2,3)4)10-12-8-11(9-14-5)15-17-12/h6,8,14H,1,7,9-10H2,2-5H3. The van der Waals surface area contributed by atoms with E-state index < -0.39 is 0 Å². The van der Waals surface area contributed by atoms with Crippen molar-refractivity contribution < 1.29 is 4.52 Å². The monoisotopic (exact) mass is 237 g/mol. The molecule has 1 rings (SSSR count). The van der Waals surface area contributed by atoms with Gasteiger partial charge in [-0.2, -0.15) is 0 Å². The second kappa shape index (κ2) is 5.98. The molecule has 4 nitrogen and oxygen atoms in total. The van der Waals surface area contributed by atoms with Crippen LogP contribution in [0.1, 0.15) is 32.2 Å². The summed E-state index contributed by atoms with van der Waals surface area (Å²) in [5, 5.41) is 7.06. The van der Waals surface area contributed by atoms with Crippen LogP contribution in [0.2, 0.25) is 0 Å². The van der Waals surface area contributed by atoms with Crippen molar-refractivity contribution >= 4 is 0 Å². The molecule has 0 amide bonds. The Morgan fingerprint density at radius 1 is 1.53 bits per heavy atom. The van der Waals surface area contributed by atoms with Gasteiger partial charge in [-0.25, -0.2) is 0 Å². The van der Waals surface area contributed by atoms with Gasteiger partial charge < -0.3 is 9.84 Å². The lowest BCUT2D eigenvalue weighted by atomic mass is 10.1. The Kier molecular flexibility index (Phi) is 4.90. The maximum absolute atomic E-state index is 5.32. The molecule has 4 heteroatoms. The summed E-state index contributed by atoms with van der Waals surface area (Å²) in [6.07, 6.45) is 1.91. The lowest BCUT2D eigenvalue weighted by molar-refractivity contribution is 0.130. The maximum Gasteiger partial charge on any atom is 0.151 e. The average Bonchev–Trinajstić information content (AvgIpc) is 2.64. The fraction of sp³-hybridized carbons (Fsp3) is 0.615. The van der Waals surface area contributed by atoms with Gasteiger partial charge in [0, 0.05) is 24.7 Å². The van der Waals surface area contributed by atoms with Crippen LogP contribution in [0.15, 0.2) is 23.2 Å². The first-order chi connectivity index (χ1) is 7.97. The van der Waals surface area contributed by atoms with E-state index in [2.05, 4.69) is 42.7 Å². The summed E-state index contributed by atoms with van der Waals surface area (Å²) in [6, 6.07) is 2.00. The minimum absolute atomic E-state index is 0.0875. The molecule has 1 aromatic rings. The first-order valence-electron chi connectivity index (χ1n) is 5.92. The van der Waals surface area contributed by atoms with E-state index in [4.69, 9.17) is 4.52 Å². The van der Waals surface area contributed by atoms with Crippen LogP contribution >= 0.6 is 0 Å². The minimum Gasteiger partial charge on any atom is -0.360 e. The lowest BCUT2D eigenvalue weighted by Crippen LogP contribution is -2.40. The molecule has 0 atom stereocenters. The van der Waals surface area contributed by atoms with Crippen molar-refractivity contribution in [3.63, 3.8) is 0 Å². The highest BCUT2D eigenvalue weighted by Crippen LogP contribution is 2.17. The van der Waals surface area contributed by atoms with E-state index in [9.17, 15) is 0 Å². The minimum atomic E-state index is 0.0875. The summed E-state index contributed by atoms with van der Waals surface area (Å²) in [5.74, 6) is 0.895. The Morgan fingerprint density at radius 3 is 2.76 bits per heavy atom. The van der Waals surface area contributed by atoms with E-state index >= 15 is 0 Å². The van der Waals surface area contributed by atoms with Crippen LogP contribution in [0.4, 0.5) is 0 Å². The summed E-state index contributed by atoms with van der Waals surface area (Å²) in [7, 11) is 1.90. The van der Waals surface area contributed by atoms with Gasteiger partial charge in [-0.15, -0.1) is 6.58 Å². The maximum atomic E-state index is 5.32. The molecule has 0 aliphatic heterocycles. The lowest BCUT2D eigenvalue weighted by Gasteiger charge is -2.33. The molecule has 0 unspecified atom stereocenters. The van der Waals surface area contributed by atoms with Crippen LogP contribution in [0.25, 0.3) is 0 Å². The Balaban J connectivity index is 2.68. The van der Waals surface area contributed by atoms with Crippen LogP contribution in [-0.2, 0) is 13.1 Å². The van der Waals surface area contributed by atoms with Crippen LogP contribution in [0.3, 0.4) is 0 Å². The van der Waals surface area contributed by atoms with E-state index in [0.717, 1.165) is 31.1 Å². The Hall–Kier alpha value is -1.13. The summed E-state index contributed by atoms with van der Waals surface area (Å²) in [5.41, 5.74) is 1.03. The highest BCUT2D eigenvalue weighted by molar-refractivity contribution is 5.05. The molecule has 0 radical (unpaired) electrons. The van der Waals surface area contributed by atoms with Gasteiger partial charge in [0.05, 0.1) is 12.2 Å². The van der Waals surface area contributed by atoms with E-state index in [1.165, 1.54) is 0 Å². The number of rotatable bonds is 6. The molecule has 96 valence electrons. The Morgan fingerprint density at radius 2 is 2.24 bits per heavy atom. The molecule has 0 aliphatic carbocycles. The third-order valence-electron chi connectivity index (χ3n) is 2.61.